The van der Waals surface area contributed by atoms with E-state index in [-0.39, 0.29) is 17.9 Å². The Morgan fingerprint density at radius 2 is 1.48 bits per heavy atom. The average Bonchev–Trinajstić information content (AvgIpc) is 3.21. The number of hydrogen-bond acceptors (Lipinski definition) is 4. The topological polar surface area (TPSA) is 45.6 Å². The number of hydrogen-bond donors (Lipinski definition) is 0. The lowest BCUT2D eigenvalue weighted by molar-refractivity contribution is -0.133. The number of halogens is 1. The predicted molar refractivity (Wildman–Crippen MR) is 127 cm³/mol. The van der Waals surface area contributed by atoms with Gasteiger partial charge in [0, 0.05) is 48.4 Å². The van der Waals surface area contributed by atoms with Crippen molar-refractivity contribution in [3.63, 3.8) is 0 Å². The van der Waals surface area contributed by atoms with Crippen LogP contribution in [0.15, 0.2) is 65.5 Å². The summed E-state index contributed by atoms with van der Waals surface area (Å²) in [4.78, 5) is 31.6. The molecule has 2 aromatic heterocycles. The fourth-order valence-electron chi connectivity index (χ4n) is 4.29. The molecule has 1 aliphatic rings. The third-order valence-electron chi connectivity index (χ3n) is 5.91. The maximum Gasteiger partial charge on any atom is 0.242 e. The second-order valence-electron chi connectivity index (χ2n) is 7.81. The van der Waals surface area contributed by atoms with Crippen molar-refractivity contribution in [1.82, 2.24) is 14.4 Å². The molecule has 1 amide bonds. The lowest BCUT2D eigenvalue weighted by atomic mass is 10.1. The van der Waals surface area contributed by atoms with Crippen LogP contribution in [0.3, 0.4) is 0 Å². The van der Waals surface area contributed by atoms with Gasteiger partial charge in [0.15, 0.2) is 5.43 Å². The molecule has 3 heterocycles. The van der Waals surface area contributed by atoms with Crippen molar-refractivity contribution in [2.24, 2.45) is 0 Å². The van der Waals surface area contributed by atoms with Gasteiger partial charge in [0.25, 0.3) is 0 Å². The molecule has 5 nitrogen and oxygen atoms in total. The van der Waals surface area contributed by atoms with Gasteiger partial charge < -0.3 is 9.47 Å². The second-order valence-corrected chi connectivity index (χ2v) is 9.61. The first kappa shape index (κ1) is 20.2. The maximum absolute atomic E-state index is 13.2. The molecule has 0 spiro atoms. The van der Waals surface area contributed by atoms with Gasteiger partial charge in [-0.1, -0.05) is 35.9 Å². The number of carbonyl (C=O) groups is 1. The van der Waals surface area contributed by atoms with Gasteiger partial charge >= 0.3 is 0 Å². The van der Waals surface area contributed by atoms with Gasteiger partial charge in [-0.05, 0) is 36.4 Å². The zero-order chi connectivity index (χ0) is 21.4. The standard InChI is InChI=1S/C24H22ClN3O2S/c25-22-10-9-17(31-22)15-26-11-13-27(14-12-26)23(29)16-28-20-7-3-1-5-18(20)24(30)19-6-2-4-8-21(19)28/h1-10H,11-16H2. The van der Waals surface area contributed by atoms with Gasteiger partial charge in [-0.15, -0.1) is 11.3 Å². The van der Waals surface area contributed by atoms with Crippen molar-refractivity contribution in [3.8, 4) is 0 Å². The SMILES string of the molecule is O=C(Cn1c2ccccc2c(=O)c2ccccc21)N1CCN(Cc2ccc(Cl)s2)CC1. The summed E-state index contributed by atoms with van der Waals surface area (Å²) in [6, 6.07) is 19.1. The Morgan fingerprint density at radius 1 is 0.871 bits per heavy atom. The van der Waals surface area contributed by atoms with E-state index < -0.39 is 0 Å². The Bertz CT molecular complexity index is 1260. The normalized spacial score (nSPS) is 15.1. The monoisotopic (exact) mass is 451 g/mol. The molecule has 0 saturated carbocycles. The van der Waals surface area contributed by atoms with E-state index in [0.29, 0.717) is 23.9 Å². The minimum atomic E-state index is 0.0113. The molecule has 0 unspecified atom stereocenters. The highest BCUT2D eigenvalue weighted by atomic mass is 35.5. The number of para-hydroxylation sites is 2. The smallest absolute Gasteiger partial charge is 0.242 e. The highest BCUT2D eigenvalue weighted by Gasteiger charge is 2.22. The zero-order valence-corrected chi connectivity index (χ0v) is 18.5. The Hall–Kier alpha value is -2.67. The number of carbonyl (C=O) groups excluding carboxylic acids is 1. The summed E-state index contributed by atoms with van der Waals surface area (Å²) < 4.78 is 2.79. The minimum absolute atomic E-state index is 0.0113. The number of piperazine rings is 1. The number of benzene rings is 2. The number of pyridine rings is 1. The third kappa shape index (κ3) is 3.99. The molecule has 158 valence electrons. The van der Waals surface area contributed by atoms with E-state index in [0.717, 1.165) is 35.0 Å². The van der Waals surface area contributed by atoms with Crippen molar-refractivity contribution in [1.29, 1.82) is 0 Å². The van der Waals surface area contributed by atoms with Crippen LogP contribution in [0.5, 0.6) is 0 Å². The molecule has 0 atom stereocenters. The van der Waals surface area contributed by atoms with Gasteiger partial charge in [-0.25, -0.2) is 0 Å². The Kier molecular flexibility index (Phi) is 5.52. The van der Waals surface area contributed by atoms with Crippen molar-refractivity contribution in [2.75, 3.05) is 26.2 Å². The number of rotatable bonds is 4. The van der Waals surface area contributed by atoms with Crippen LogP contribution in [0.2, 0.25) is 4.34 Å². The lowest BCUT2D eigenvalue weighted by Gasteiger charge is -2.34. The summed E-state index contributed by atoms with van der Waals surface area (Å²) >= 11 is 7.65. The predicted octanol–water partition coefficient (Wildman–Crippen LogP) is 4.21. The summed E-state index contributed by atoms with van der Waals surface area (Å²) in [5, 5.41) is 1.29. The Balaban J connectivity index is 1.36. The van der Waals surface area contributed by atoms with E-state index in [1.807, 2.05) is 64.1 Å². The van der Waals surface area contributed by atoms with Crippen molar-refractivity contribution < 1.29 is 4.79 Å². The highest BCUT2D eigenvalue weighted by Crippen LogP contribution is 2.23. The molecule has 0 bridgehead atoms. The molecule has 4 aromatic rings. The van der Waals surface area contributed by atoms with E-state index in [2.05, 4.69) is 11.0 Å². The first-order valence-electron chi connectivity index (χ1n) is 10.3. The fraction of sp³-hybridized carbons (Fsp3) is 0.250. The Labute approximate surface area is 189 Å². The van der Waals surface area contributed by atoms with Crippen LogP contribution in [0.4, 0.5) is 0 Å². The van der Waals surface area contributed by atoms with Crippen LogP contribution in [0.25, 0.3) is 21.8 Å². The maximum atomic E-state index is 13.2. The first-order valence-corrected chi connectivity index (χ1v) is 11.5. The summed E-state index contributed by atoms with van der Waals surface area (Å²) in [6.07, 6.45) is 0. The largest absolute Gasteiger partial charge is 0.339 e. The summed E-state index contributed by atoms with van der Waals surface area (Å²) in [5.74, 6) is 0.0813. The molecule has 1 fully saturated rings. The molecule has 2 aromatic carbocycles. The van der Waals surface area contributed by atoms with Crippen molar-refractivity contribution in [2.45, 2.75) is 13.1 Å². The molecule has 7 heteroatoms. The molecular weight excluding hydrogens is 430 g/mol. The van der Waals surface area contributed by atoms with Crippen LogP contribution in [0, 0.1) is 0 Å². The van der Waals surface area contributed by atoms with Gasteiger partial charge in [0.1, 0.15) is 6.54 Å². The Morgan fingerprint density at radius 3 is 2.06 bits per heavy atom. The van der Waals surface area contributed by atoms with Gasteiger partial charge in [-0.3, -0.25) is 14.5 Å². The van der Waals surface area contributed by atoms with Gasteiger partial charge in [-0.2, -0.15) is 0 Å². The van der Waals surface area contributed by atoms with E-state index in [1.54, 1.807) is 11.3 Å². The van der Waals surface area contributed by atoms with Crippen LogP contribution in [-0.2, 0) is 17.9 Å². The van der Waals surface area contributed by atoms with Crippen molar-refractivity contribution in [3.05, 3.63) is 80.1 Å². The van der Waals surface area contributed by atoms with E-state index in [4.69, 9.17) is 11.6 Å². The van der Waals surface area contributed by atoms with Crippen LogP contribution >= 0.6 is 22.9 Å². The minimum Gasteiger partial charge on any atom is -0.339 e. The number of fused-ring (bicyclic) bond motifs is 2. The first-order chi connectivity index (χ1) is 15.1. The summed E-state index contributed by atoms with van der Waals surface area (Å²) in [5.41, 5.74) is 1.61. The van der Waals surface area contributed by atoms with Crippen molar-refractivity contribution >= 4 is 50.7 Å². The lowest BCUT2D eigenvalue weighted by Crippen LogP contribution is -2.49. The molecular formula is C24H22ClN3O2S. The third-order valence-corrected chi connectivity index (χ3v) is 7.12. The molecule has 0 N–H and O–H groups in total. The van der Waals surface area contributed by atoms with Gasteiger partial charge in [0.05, 0.1) is 15.4 Å². The molecule has 1 aliphatic heterocycles. The summed E-state index contributed by atoms with van der Waals surface area (Å²) in [7, 11) is 0. The van der Waals surface area contributed by atoms with Crippen LogP contribution in [0.1, 0.15) is 4.88 Å². The number of thiophene rings is 1. The highest BCUT2D eigenvalue weighted by molar-refractivity contribution is 7.16. The molecule has 31 heavy (non-hydrogen) atoms. The van der Waals surface area contributed by atoms with Gasteiger partial charge in [0.2, 0.25) is 5.91 Å². The molecule has 0 aliphatic carbocycles. The van der Waals surface area contributed by atoms with E-state index >= 15 is 0 Å². The quantitative estimate of drug-likeness (QED) is 0.436. The fourth-order valence-corrected chi connectivity index (χ4v) is 5.43. The van der Waals surface area contributed by atoms with Crippen LogP contribution in [-0.4, -0.2) is 46.5 Å². The van der Waals surface area contributed by atoms with Crippen LogP contribution < -0.4 is 5.43 Å². The zero-order valence-electron chi connectivity index (χ0n) is 17.0. The molecule has 0 radical (unpaired) electrons. The average molecular weight is 452 g/mol. The molecule has 5 rings (SSSR count). The molecule has 1 saturated heterocycles. The van der Waals surface area contributed by atoms with E-state index in [1.165, 1.54) is 4.88 Å². The summed E-state index contributed by atoms with van der Waals surface area (Å²) in [6.45, 7) is 4.18. The van der Waals surface area contributed by atoms with E-state index in [9.17, 15) is 9.59 Å². The number of nitrogens with zero attached hydrogens (tertiary/aromatic N) is 3. The number of amides is 1. The number of aromatic nitrogens is 1. The second kappa shape index (κ2) is 8.46.